The first-order valence-corrected chi connectivity index (χ1v) is 13.9. The third-order valence-corrected chi connectivity index (χ3v) is 6.65. The van der Waals surface area contributed by atoms with Crippen LogP contribution < -0.4 is 0 Å². The number of hydrogen-bond donors (Lipinski definition) is 0. The molecule has 2 aliphatic heterocycles. The van der Waals surface area contributed by atoms with Crippen LogP contribution in [0.5, 0.6) is 0 Å². The van der Waals surface area contributed by atoms with Crippen LogP contribution in [0.15, 0.2) is 0 Å². The highest BCUT2D eigenvalue weighted by molar-refractivity contribution is 5.85. The summed E-state index contributed by atoms with van der Waals surface area (Å²) in [6, 6.07) is -1.29. The van der Waals surface area contributed by atoms with Crippen molar-refractivity contribution >= 4 is 41.8 Å². The largest absolute Gasteiger partial charge is 0.469 e. The fourth-order valence-corrected chi connectivity index (χ4v) is 5.17. The summed E-state index contributed by atoms with van der Waals surface area (Å²) in [5.41, 5.74) is 0. The molecule has 2 saturated heterocycles. The van der Waals surface area contributed by atoms with Gasteiger partial charge in [-0.25, -0.2) is 9.63 Å². The average Bonchev–Trinajstić information content (AvgIpc) is 3.34. The first-order chi connectivity index (χ1) is 21.1. The van der Waals surface area contributed by atoms with Crippen LogP contribution >= 0.6 is 0 Å². The van der Waals surface area contributed by atoms with Gasteiger partial charge >= 0.3 is 41.8 Å². The highest BCUT2D eigenvalue weighted by atomic mass is 17.0. The second kappa shape index (κ2) is 17.0. The number of ether oxygens (including phenoxy) is 8. The predicted octanol–water partition coefficient (Wildman–Crippen LogP) is -0.463. The summed E-state index contributed by atoms with van der Waals surface area (Å²) < 4.78 is 42.5. The topological polar surface area (TPSA) is 215 Å². The monoisotopic (exact) mass is 649 g/mol. The summed E-state index contributed by atoms with van der Waals surface area (Å²) in [5, 5.41) is 0.822. The number of hydroxylamine groups is 2. The highest BCUT2D eigenvalue weighted by Gasteiger charge is 2.62. The first kappa shape index (κ1) is 37.3. The number of rotatable bonds is 14. The van der Waals surface area contributed by atoms with E-state index in [1.165, 1.54) is 0 Å². The van der Waals surface area contributed by atoms with Gasteiger partial charge in [-0.05, 0) is 6.92 Å². The summed E-state index contributed by atoms with van der Waals surface area (Å²) in [6.45, 7) is 6.28. The zero-order valence-electron chi connectivity index (χ0n) is 26.2. The van der Waals surface area contributed by atoms with Gasteiger partial charge < -0.3 is 37.9 Å². The number of carbonyl (C=O) groups excluding carboxylic acids is 7. The molecule has 0 N–H and O–H groups in total. The van der Waals surface area contributed by atoms with Crippen molar-refractivity contribution in [3.8, 4) is 0 Å². The molecule has 0 aromatic rings. The maximum atomic E-state index is 13.1. The normalized spacial score (nSPS) is 25.3. The lowest BCUT2D eigenvalue weighted by Crippen LogP contribution is -2.61. The molecular formula is C27H39NO17. The second-order valence-electron chi connectivity index (χ2n) is 9.94. The number of nitrogens with zero attached hydrogens (tertiary/aromatic N) is 1. The van der Waals surface area contributed by atoms with Crippen LogP contribution in [0.2, 0.25) is 0 Å². The van der Waals surface area contributed by atoms with Gasteiger partial charge in [0.2, 0.25) is 0 Å². The Labute approximate surface area is 258 Å². The summed E-state index contributed by atoms with van der Waals surface area (Å²) in [4.78, 5) is 98.4. The van der Waals surface area contributed by atoms with E-state index < -0.39 is 103 Å². The Hall–Kier alpha value is -3.87. The molecule has 0 aromatic heterocycles. The van der Waals surface area contributed by atoms with Gasteiger partial charge in [0, 0.05) is 53.6 Å². The second-order valence-corrected chi connectivity index (χ2v) is 9.94. The lowest BCUT2D eigenvalue weighted by molar-refractivity contribution is -0.444. The van der Waals surface area contributed by atoms with Crippen LogP contribution in [0.1, 0.15) is 48.0 Å². The summed E-state index contributed by atoms with van der Waals surface area (Å²) in [7, 11) is 2.14. The lowest BCUT2D eigenvalue weighted by Gasteiger charge is -2.45. The van der Waals surface area contributed by atoms with Gasteiger partial charge in [0.1, 0.15) is 18.6 Å². The van der Waals surface area contributed by atoms with Gasteiger partial charge in [0.25, 0.3) is 0 Å². The molecule has 2 fully saturated rings. The van der Waals surface area contributed by atoms with E-state index in [-0.39, 0.29) is 13.0 Å². The van der Waals surface area contributed by atoms with Gasteiger partial charge in [0.15, 0.2) is 30.7 Å². The third-order valence-electron chi connectivity index (χ3n) is 6.65. The molecule has 18 nitrogen and oxygen atoms in total. The molecule has 0 saturated carbocycles. The smallest absolute Gasteiger partial charge is 0.338 e. The van der Waals surface area contributed by atoms with E-state index in [1.54, 1.807) is 6.92 Å². The molecule has 0 radical (unpaired) electrons. The Balaban J connectivity index is 2.82. The molecule has 18 heteroatoms. The molecule has 0 spiro atoms. The predicted molar refractivity (Wildman–Crippen MR) is 141 cm³/mol. The summed E-state index contributed by atoms with van der Waals surface area (Å²) in [5.74, 6) is -9.01. The van der Waals surface area contributed by atoms with Crippen molar-refractivity contribution in [1.29, 1.82) is 0 Å². The van der Waals surface area contributed by atoms with Crippen LogP contribution in [-0.4, -0.2) is 117 Å². The minimum absolute atomic E-state index is 0.120. The minimum atomic E-state index is -1.78. The van der Waals surface area contributed by atoms with Crippen molar-refractivity contribution < 1.29 is 81.1 Å². The molecule has 45 heavy (non-hydrogen) atoms. The maximum absolute atomic E-state index is 13.1. The van der Waals surface area contributed by atoms with E-state index in [2.05, 4.69) is 0 Å². The fraction of sp³-hybridized carbons (Fsp3) is 0.741. The maximum Gasteiger partial charge on any atom is 0.338 e. The van der Waals surface area contributed by atoms with Crippen molar-refractivity contribution in [3.63, 3.8) is 0 Å². The van der Waals surface area contributed by atoms with Gasteiger partial charge in [0.05, 0.1) is 20.3 Å². The van der Waals surface area contributed by atoms with Crippen LogP contribution in [0, 0.1) is 11.8 Å². The Morgan fingerprint density at radius 3 is 1.78 bits per heavy atom. The van der Waals surface area contributed by atoms with Crippen molar-refractivity contribution in [2.24, 2.45) is 11.8 Å². The molecule has 0 aromatic carbocycles. The van der Waals surface area contributed by atoms with E-state index >= 15 is 0 Å². The third kappa shape index (κ3) is 10.1. The number of carbonyl (C=O) groups is 7. The van der Waals surface area contributed by atoms with Crippen molar-refractivity contribution in [1.82, 2.24) is 5.23 Å². The number of hydrogen-bond acceptors (Lipinski definition) is 18. The molecule has 9 atom stereocenters. The zero-order valence-corrected chi connectivity index (χ0v) is 26.2. The summed E-state index contributed by atoms with van der Waals surface area (Å²) in [6.07, 6.45) is -9.66. The van der Waals surface area contributed by atoms with Crippen molar-refractivity contribution in [2.75, 3.05) is 27.4 Å². The highest BCUT2D eigenvalue weighted by Crippen LogP contribution is 2.44. The Morgan fingerprint density at radius 1 is 0.733 bits per heavy atom. The molecule has 2 rings (SSSR count). The summed E-state index contributed by atoms with van der Waals surface area (Å²) >= 11 is 0. The van der Waals surface area contributed by atoms with Gasteiger partial charge in [-0.1, -0.05) is 5.23 Å². The van der Waals surface area contributed by atoms with E-state index in [0.29, 0.717) is 0 Å². The molecule has 2 aliphatic rings. The minimum Gasteiger partial charge on any atom is -0.469 e. The van der Waals surface area contributed by atoms with E-state index in [9.17, 15) is 33.6 Å². The Bertz CT molecular complexity index is 1110. The lowest BCUT2D eigenvalue weighted by atomic mass is 9.77. The Kier molecular flexibility index (Phi) is 14.1. The van der Waals surface area contributed by atoms with Gasteiger partial charge in [-0.2, -0.15) is 0 Å². The molecule has 0 aliphatic carbocycles. The van der Waals surface area contributed by atoms with Crippen LogP contribution in [0.4, 0.5) is 0 Å². The molecular weight excluding hydrogens is 610 g/mol. The average molecular weight is 650 g/mol. The Morgan fingerprint density at radius 2 is 1.29 bits per heavy atom. The molecule has 0 amide bonds. The molecule has 254 valence electrons. The number of esters is 7. The van der Waals surface area contributed by atoms with E-state index in [0.717, 1.165) is 54.1 Å². The van der Waals surface area contributed by atoms with Crippen LogP contribution in [0.3, 0.4) is 0 Å². The van der Waals surface area contributed by atoms with Crippen LogP contribution in [-0.2, 0) is 81.1 Å². The van der Waals surface area contributed by atoms with E-state index in [1.807, 2.05) is 0 Å². The number of fused-ring (bicyclic) bond motifs is 1. The fourth-order valence-electron chi connectivity index (χ4n) is 5.17. The SMILES string of the molecule is CCO[C@@H]1C[C@H]([C@H](OC(C)=O)[C@@H](OC(C)=O)[C@@H](OC(C)=O)[C@@H](COC(C)=O)OC(C)=O)[C@H]2[C@H](C(=O)OC)[C@H](C(=O)OC)ON2O1. The van der Waals surface area contributed by atoms with Gasteiger partial charge in [-0.15, -0.1) is 0 Å². The van der Waals surface area contributed by atoms with Crippen molar-refractivity contribution in [3.05, 3.63) is 0 Å². The molecule has 0 unspecified atom stereocenters. The number of methoxy groups -OCH3 is 2. The van der Waals surface area contributed by atoms with Gasteiger partial charge in [-0.3, -0.25) is 33.6 Å². The quantitative estimate of drug-likeness (QED) is 0.172. The zero-order chi connectivity index (χ0) is 34.0. The standard InChI is InChI=1S/C27H39NO17/c1-9-38-19-10-17(21-20(26(34)36-7)24(27(35)37-8)45-28(21)44-19)22(41-14(4)31)25(43-16(6)33)23(42-15(5)32)18(40-13(3)30)11-39-12(2)29/h17-25H,9-11H2,1-8H3/t17-,18+,19-,20-,21-,22-,23-,24+,25+/m0/s1. The molecule has 2 heterocycles. The molecule has 0 bridgehead atoms. The van der Waals surface area contributed by atoms with Crippen LogP contribution in [0.25, 0.3) is 0 Å². The van der Waals surface area contributed by atoms with Crippen molar-refractivity contribution in [2.45, 2.75) is 90.8 Å². The van der Waals surface area contributed by atoms with E-state index in [4.69, 9.17) is 47.6 Å². The first-order valence-electron chi connectivity index (χ1n) is 13.9.